The number of hydrogen-bond acceptors (Lipinski definition) is 2. The van der Waals surface area contributed by atoms with E-state index < -0.39 is 0 Å². The lowest BCUT2D eigenvalue weighted by molar-refractivity contribution is -0.00139. The van der Waals surface area contributed by atoms with E-state index in [2.05, 4.69) is 32.6 Å². The zero-order valence-electron chi connectivity index (χ0n) is 14.1. The number of rotatable bonds is 3. The van der Waals surface area contributed by atoms with Crippen LogP contribution < -0.4 is 0 Å². The molecule has 1 N–H and O–H groups in total. The largest absolute Gasteiger partial charge is 0.393 e. The number of likely N-dealkylation sites (tertiary alicyclic amines) is 1. The van der Waals surface area contributed by atoms with Crippen LogP contribution in [-0.2, 0) is 0 Å². The molecule has 2 heteroatoms. The van der Waals surface area contributed by atoms with Crippen molar-refractivity contribution >= 4 is 0 Å². The molecule has 0 aromatic rings. The van der Waals surface area contributed by atoms with Gasteiger partial charge in [-0.2, -0.15) is 0 Å². The molecule has 118 valence electrons. The van der Waals surface area contributed by atoms with Crippen LogP contribution >= 0.6 is 0 Å². The van der Waals surface area contributed by atoms with E-state index in [1.807, 2.05) is 0 Å². The van der Waals surface area contributed by atoms with Crippen LogP contribution in [0.1, 0.15) is 66.2 Å². The maximum absolute atomic E-state index is 10.4. The van der Waals surface area contributed by atoms with Gasteiger partial charge in [0, 0.05) is 6.54 Å². The molecule has 1 saturated carbocycles. The van der Waals surface area contributed by atoms with Crippen LogP contribution in [0.5, 0.6) is 0 Å². The average molecular weight is 281 g/mol. The van der Waals surface area contributed by atoms with Gasteiger partial charge in [0.25, 0.3) is 0 Å². The minimum absolute atomic E-state index is 0.0579. The molecule has 0 amide bonds. The second-order valence-corrected chi connectivity index (χ2v) is 8.36. The van der Waals surface area contributed by atoms with Crippen LogP contribution in [0.25, 0.3) is 0 Å². The zero-order valence-corrected chi connectivity index (χ0v) is 14.1. The van der Waals surface area contributed by atoms with Gasteiger partial charge in [0.2, 0.25) is 0 Å². The van der Waals surface area contributed by atoms with E-state index >= 15 is 0 Å². The number of hydrogen-bond donors (Lipinski definition) is 1. The van der Waals surface area contributed by atoms with E-state index in [9.17, 15) is 5.11 Å². The number of aliphatic hydroxyl groups excluding tert-OH is 1. The maximum Gasteiger partial charge on any atom is 0.0580 e. The smallest absolute Gasteiger partial charge is 0.0580 e. The van der Waals surface area contributed by atoms with Crippen molar-refractivity contribution in [2.45, 2.75) is 72.3 Å². The summed E-state index contributed by atoms with van der Waals surface area (Å²) < 4.78 is 0. The summed E-state index contributed by atoms with van der Waals surface area (Å²) in [6.45, 7) is 13.0. The molecule has 1 saturated heterocycles. The first kappa shape index (κ1) is 16.3. The summed E-state index contributed by atoms with van der Waals surface area (Å²) in [4.78, 5) is 2.62. The van der Waals surface area contributed by atoms with Crippen molar-refractivity contribution < 1.29 is 5.11 Å². The minimum atomic E-state index is -0.0579. The van der Waals surface area contributed by atoms with E-state index in [-0.39, 0.29) is 6.10 Å². The molecule has 2 fully saturated rings. The van der Waals surface area contributed by atoms with Crippen LogP contribution in [0.15, 0.2) is 0 Å². The van der Waals surface area contributed by atoms with Crippen molar-refractivity contribution in [2.24, 2.45) is 23.2 Å². The maximum atomic E-state index is 10.4. The zero-order chi connectivity index (χ0) is 14.8. The first-order chi connectivity index (χ1) is 9.40. The number of piperidine rings is 1. The van der Waals surface area contributed by atoms with Gasteiger partial charge in [0.1, 0.15) is 0 Å². The normalized spacial score (nSPS) is 34.4. The third-order valence-electron chi connectivity index (χ3n) is 5.94. The standard InChI is InChI=1S/C18H35NO/c1-5-14-8-10-19(11-9-14)13-15-12-16(18(2,3)4)6-7-17(15)20/h14-17,20H,5-13H2,1-4H3. The fourth-order valence-corrected chi connectivity index (χ4v) is 4.14. The van der Waals surface area contributed by atoms with Gasteiger partial charge >= 0.3 is 0 Å². The Morgan fingerprint density at radius 1 is 1.05 bits per heavy atom. The van der Waals surface area contributed by atoms with Gasteiger partial charge < -0.3 is 10.0 Å². The van der Waals surface area contributed by atoms with Gasteiger partial charge in [-0.05, 0) is 68.4 Å². The molecule has 0 aromatic carbocycles. The van der Waals surface area contributed by atoms with Gasteiger partial charge in [0.05, 0.1) is 6.10 Å². The van der Waals surface area contributed by atoms with Crippen molar-refractivity contribution in [3.8, 4) is 0 Å². The van der Waals surface area contributed by atoms with Crippen molar-refractivity contribution in [3.05, 3.63) is 0 Å². The molecule has 1 aliphatic carbocycles. The average Bonchev–Trinajstić information content (AvgIpc) is 2.41. The quantitative estimate of drug-likeness (QED) is 0.847. The Hall–Kier alpha value is -0.0800. The number of aliphatic hydroxyl groups is 1. The first-order valence-corrected chi connectivity index (χ1v) is 8.80. The molecule has 1 aliphatic heterocycles. The Morgan fingerprint density at radius 2 is 1.70 bits per heavy atom. The Morgan fingerprint density at radius 3 is 2.25 bits per heavy atom. The Balaban J connectivity index is 1.84. The fraction of sp³-hybridized carbons (Fsp3) is 1.00. The van der Waals surface area contributed by atoms with Crippen LogP contribution in [0, 0.1) is 23.2 Å². The molecule has 3 atom stereocenters. The first-order valence-electron chi connectivity index (χ1n) is 8.80. The summed E-state index contributed by atoms with van der Waals surface area (Å²) >= 11 is 0. The monoisotopic (exact) mass is 281 g/mol. The van der Waals surface area contributed by atoms with Crippen molar-refractivity contribution in [1.82, 2.24) is 4.90 Å². The molecule has 0 spiro atoms. The molecule has 3 unspecified atom stereocenters. The third-order valence-corrected chi connectivity index (χ3v) is 5.94. The molecule has 20 heavy (non-hydrogen) atoms. The summed E-state index contributed by atoms with van der Waals surface area (Å²) in [5.41, 5.74) is 0.396. The molecule has 0 aromatic heterocycles. The second-order valence-electron chi connectivity index (χ2n) is 8.36. The SMILES string of the molecule is CCC1CCN(CC2CC(C(C)(C)C)CCC2O)CC1. The predicted octanol–water partition coefficient (Wildman–Crippen LogP) is 3.93. The minimum Gasteiger partial charge on any atom is -0.393 e. The summed E-state index contributed by atoms with van der Waals surface area (Å²) in [6.07, 6.45) is 7.45. The van der Waals surface area contributed by atoms with Gasteiger partial charge in [-0.25, -0.2) is 0 Å². The third kappa shape index (κ3) is 4.21. The van der Waals surface area contributed by atoms with Crippen LogP contribution in [0.4, 0.5) is 0 Å². The lowest BCUT2D eigenvalue weighted by atomic mass is 9.68. The Kier molecular flexibility index (Phi) is 5.53. The van der Waals surface area contributed by atoms with Crippen LogP contribution in [0.3, 0.4) is 0 Å². The van der Waals surface area contributed by atoms with Crippen molar-refractivity contribution in [3.63, 3.8) is 0 Å². The number of nitrogens with zero attached hydrogens (tertiary/aromatic N) is 1. The highest BCUT2D eigenvalue weighted by atomic mass is 16.3. The van der Waals surface area contributed by atoms with Crippen LogP contribution in [0.2, 0.25) is 0 Å². The molecular weight excluding hydrogens is 246 g/mol. The lowest BCUT2D eigenvalue weighted by Gasteiger charge is -2.42. The van der Waals surface area contributed by atoms with Gasteiger partial charge in [-0.15, -0.1) is 0 Å². The fourth-order valence-electron chi connectivity index (χ4n) is 4.14. The highest BCUT2D eigenvalue weighted by Gasteiger charge is 2.36. The molecule has 0 bridgehead atoms. The van der Waals surface area contributed by atoms with E-state index in [0.29, 0.717) is 11.3 Å². The summed E-state index contributed by atoms with van der Waals surface area (Å²) in [7, 11) is 0. The summed E-state index contributed by atoms with van der Waals surface area (Å²) in [5, 5.41) is 10.4. The molecule has 2 aliphatic rings. The van der Waals surface area contributed by atoms with E-state index in [1.165, 1.54) is 45.2 Å². The lowest BCUT2D eigenvalue weighted by Crippen LogP contribution is -2.43. The topological polar surface area (TPSA) is 23.5 Å². The summed E-state index contributed by atoms with van der Waals surface area (Å²) in [5.74, 6) is 2.24. The van der Waals surface area contributed by atoms with E-state index in [0.717, 1.165) is 24.8 Å². The Bertz CT molecular complexity index is 288. The van der Waals surface area contributed by atoms with E-state index in [1.54, 1.807) is 0 Å². The van der Waals surface area contributed by atoms with Crippen molar-refractivity contribution in [2.75, 3.05) is 19.6 Å². The van der Waals surface area contributed by atoms with E-state index in [4.69, 9.17) is 0 Å². The molecule has 2 rings (SSSR count). The molecule has 0 radical (unpaired) electrons. The van der Waals surface area contributed by atoms with Gasteiger partial charge in [-0.1, -0.05) is 34.1 Å². The van der Waals surface area contributed by atoms with Gasteiger partial charge in [0.15, 0.2) is 0 Å². The molecule has 1 heterocycles. The second kappa shape index (κ2) is 6.79. The summed E-state index contributed by atoms with van der Waals surface area (Å²) in [6, 6.07) is 0. The van der Waals surface area contributed by atoms with Crippen molar-refractivity contribution in [1.29, 1.82) is 0 Å². The predicted molar refractivity (Wildman–Crippen MR) is 85.7 cm³/mol. The highest BCUT2D eigenvalue weighted by molar-refractivity contribution is 4.87. The highest BCUT2D eigenvalue weighted by Crippen LogP contribution is 2.40. The van der Waals surface area contributed by atoms with Gasteiger partial charge in [-0.3, -0.25) is 0 Å². The molecular formula is C18H35NO. The Labute approximate surface area is 125 Å². The molecule has 2 nitrogen and oxygen atoms in total. The van der Waals surface area contributed by atoms with Crippen LogP contribution in [-0.4, -0.2) is 35.7 Å².